The summed E-state index contributed by atoms with van der Waals surface area (Å²) < 4.78 is 38.8. The lowest BCUT2D eigenvalue weighted by molar-refractivity contribution is -0.137. The Morgan fingerprint density at radius 1 is 1.33 bits per heavy atom. The van der Waals surface area contributed by atoms with E-state index < -0.39 is 11.7 Å². The zero-order valence-corrected chi connectivity index (χ0v) is 9.36. The maximum Gasteiger partial charge on any atom is 0.416 e. The van der Waals surface area contributed by atoms with Gasteiger partial charge in [-0.3, -0.25) is 0 Å². The fraction of sp³-hybridized carbons (Fsp3) is 0.200. The van der Waals surface area contributed by atoms with Crippen molar-refractivity contribution in [1.82, 2.24) is 14.8 Å². The van der Waals surface area contributed by atoms with Crippen molar-refractivity contribution in [3.05, 3.63) is 29.8 Å². The molecule has 8 heteroatoms. The van der Waals surface area contributed by atoms with Crippen molar-refractivity contribution in [3.63, 3.8) is 0 Å². The topological polar surface area (TPSA) is 68.8 Å². The summed E-state index contributed by atoms with van der Waals surface area (Å²) >= 11 is 0. The summed E-state index contributed by atoms with van der Waals surface area (Å²) in [4.78, 5) is 3.83. The van der Waals surface area contributed by atoms with Crippen molar-refractivity contribution in [1.29, 1.82) is 0 Å². The van der Waals surface area contributed by atoms with E-state index in [9.17, 15) is 13.2 Å². The summed E-state index contributed by atoms with van der Waals surface area (Å²) in [6.45, 7) is 0. The molecule has 0 fully saturated rings. The Morgan fingerprint density at radius 2 is 2.06 bits per heavy atom. The minimum Gasteiger partial charge on any atom is -0.368 e. The fourth-order valence-corrected chi connectivity index (χ4v) is 1.43. The molecular formula is C10H10F3N5. The number of nitrogens with two attached hydrogens (primary N) is 1. The number of benzene rings is 1. The van der Waals surface area contributed by atoms with Gasteiger partial charge in [0.2, 0.25) is 11.9 Å². The Labute approximate surface area is 100 Å². The smallest absolute Gasteiger partial charge is 0.368 e. The number of halogens is 3. The Hall–Kier alpha value is -2.25. The number of nitrogen functional groups attached to an aromatic ring is 1. The summed E-state index contributed by atoms with van der Waals surface area (Å²) in [6, 6.07) is 4.71. The molecule has 0 aliphatic rings. The van der Waals surface area contributed by atoms with Gasteiger partial charge in [-0.05, 0) is 18.2 Å². The van der Waals surface area contributed by atoms with E-state index in [1.807, 2.05) is 0 Å². The summed E-state index contributed by atoms with van der Waals surface area (Å²) in [5, 5.41) is 6.58. The van der Waals surface area contributed by atoms with Gasteiger partial charge < -0.3 is 11.1 Å². The highest BCUT2D eigenvalue weighted by molar-refractivity contribution is 5.43. The van der Waals surface area contributed by atoms with Crippen molar-refractivity contribution in [2.45, 2.75) is 6.18 Å². The van der Waals surface area contributed by atoms with Gasteiger partial charge in [0.15, 0.2) is 0 Å². The monoisotopic (exact) mass is 257 g/mol. The minimum absolute atomic E-state index is 0.0127. The normalized spacial score (nSPS) is 11.6. The predicted octanol–water partition coefficient (Wildman–Crippen LogP) is 1.91. The second kappa shape index (κ2) is 4.21. The highest BCUT2D eigenvalue weighted by Crippen LogP contribution is 2.30. The van der Waals surface area contributed by atoms with Crippen LogP contribution in [0.4, 0.5) is 25.1 Å². The van der Waals surface area contributed by atoms with Gasteiger partial charge >= 0.3 is 6.18 Å². The van der Waals surface area contributed by atoms with Gasteiger partial charge in [0.1, 0.15) is 0 Å². The molecule has 2 aromatic rings. The van der Waals surface area contributed by atoms with Crippen LogP contribution in [0.2, 0.25) is 0 Å². The summed E-state index contributed by atoms with van der Waals surface area (Å²) in [5.74, 6) is 0.253. The van der Waals surface area contributed by atoms with E-state index in [1.165, 1.54) is 12.1 Å². The van der Waals surface area contributed by atoms with E-state index in [1.54, 1.807) is 7.05 Å². The first-order chi connectivity index (χ1) is 8.41. The number of alkyl halides is 3. The number of aromatic nitrogens is 3. The second-order valence-corrected chi connectivity index (χ2v) is 3.50. The van der Waals surface area contributed by atoms with Crippen LogP contribution in [-0.4, -0.2) is 21.8 Å². The lowest BCUT2D eigenvalue weighted by Crippen LogP contribution is -2.08. The number of hydrogen-bond acceptors (Lipinski definition) is 4. The van der Waals surface area contributed by atoms with Crippen LogP contribution < -0.4 is 11.1 Å². The molecule has 0 unspecified atom stereocenters. The number of nitrogens with zero attached hydrogens (tertiary/aromatic N) is 3. The molecule has 0 bridgehead atoms. The van der Waals surface area contributed by atoms with Crippen molar-refractivity contribution in [3.8, 4) is 5.69 Å². The predicted molar refractivity (Wildman–Crippen MR) is 60.3 cm³/mol. The lowest BCUT2D eigenvalue weighted by Gasteiger charge is -2.08. The third kappa shape index (κ3) is 2.22. The molecule has 1 aromatic carbocycles. The van der Waals surface area contributed by atoms with Crippen LogP contribution in [0.3, 0.4) is 0 Å². The summed E-state index contributed by atoms with van der Waals surface area (Å²) in [7, 11) is 1.59. The average molecular weight is 257 g/mol. The molecule has 2 rings (SSSR count). The Kier molecular flexibility index (Phi) is 2.85. The van der Waals surface area contributed by atoms with E-state index >= 15 is 0 Å². The number of anilines is 2. The molecule has 0 aliphatic carbocycles. The Morgan fingerprint density at radius 3 is 2.61 bits per heavy atom. The van der Waals surface area contributed by atoms with Gasteiger partial charge in [0.25, 0.3) is 0 Å². The van der Waals surface area contributed by atoms with E-state index in [0.717, 1.165) is 16.8 Å². The zero-order valence-electron chi connectivity index (χ0n) is 9.36. The van der Waals surface area contributed by atoms with Crippen molar-refractivity contribution >= 4 is 11.9 Å². The summed E-state index contributed by atoms with van der Waals surface area (Å²) in [6.07, 6.45) is -4.41. The van der Waals surface area contributed by atoms with Crippen LogP contribution in [0.25, 0.3) is 5.69 Å². The number of nitrogens with one attached hydrogen (secondary N) is 1. The molecule has 1 aromatic heterocycles. The summed E-state index contributed by atoms with van der Waals surface area (Å²) in [5.41, 5.74) is 5.02. The molecule has 18 heavy (non-hydrogen) atoms. The molecule has 0 saturated heterocycles. The van der Waals surface area contributed by atoms with E-state index in [0.29, 0.717) is 0 Å². The van der Waals surface area contributed by atoms with E-state index in [2.05, 4.69) is 15.4 Å². The zero-order chi connectivity index (χ0) is 13.3. The van der Waals surface area contributed by atoms with Crippen LogP contribution in [-0.2, 0) is 6.18 Å². The van der Waals surface area contributed by atoms with Gasteiger partial charge in [0.05, 0.1) is 11.3 Å². The van der Waals surface area contributed by atoms with Crippen LogP contribution in [0.5, 0.6) is 0 Å². The molecule has 3 N–H and O–H groups in total. The largest absolute Gasteiger partial charge is 0.416 e. The van der Waals surface area contributed by atoms with Gasteiger partial charge in [-0.25, -0.2) is 0 Å². The standard InChI is InChI=1S/C10H10F3N5/c1-15-9-16-8(14)18(17-9)7-4-2-3-6(5-7)10(11,12)13/h2-5H,1H3,(H3,14,15,16,17). The van der Waals surface area contributed by atoms with Crippen molar-refractivity contribution < 1.29 is 13.2 Å². The quantitative estimate of drug-likeness (QED) is 0.862. The van der Waals surface area contributed by atoms with Crippen LogP contribution in [0.1, 0.15) is 5.56 Å². The van der Waals surface area contributed by atoms with Crippen LogP contribution in [0, 0.1) is 0 Å². The highest BCUT2D eigenvalue weighted by Gasteiger charge is 2.30. The molecular weight excluding hydrogens is 247 g/mol. The number of hydrogen-bond donors (Lipinski definition) is 2. The van der Waals surface area contributed by atoms with Crippen molar-refractivity contribution in [2.24, 2.45) is 0 Å². The molecule has 5 nitrogen and oxygen atoms in total. The van der Waals surface area contributed by atoms with Crippen LogP contribution in [0.15, 0.2) is 24.3 Å². The molecule has 0 amide bonds. The van der Waals surface area contributed by atoms with E-state index in [-0.39, 0.29) is 17.6 Å². The fourth-order valence-electron chi connectivity index (χ4n) is 1.43. The lowest BCUT2D eigenvalue weighted by atomic mass is 10.2. The van der Waals surface area contributed by atoms with Gasteiger partial charge in [0, 0.05) is 7.05 Å². The van der Waals surface area contributed by atoms with E-state index in [4.69, 9.17) is 5.73 Å². The number of rotatable bonds is 2. The SMILES string of the molecule is CNc1nc(N)n(-c2cccc(C(F)(F)F)c2)n1. The minimum atomic E-state index is -4.41. The molecule has 0 atom stereocenters. The average Bonchev–Trinajstić information content (AvgIpc) is 2.70. The first-order valence-electron chi connectivity index (χ1n) is 5.00. The maximum atomic E-state index is 12.6. The molecule has 0 spiro atoms. The van der Waals surface area contributed by atoms with Crippen molar-refractivity contribution in [2.75, 3.05) is 18.1 Å². The van der Waals surface area contributed by atoms with Gasteiger partial charge in [-0.1, -0.05) is 6.07 Å². The van der Waals surface area contributed by atoms with Gasteiger partial charge in [-0.15, -0.1) is 5.10 Å². The highest BCUT2D eigenvalue weighted by atomic mass is 19.4. The Balaban J connectivity index is 2.47. The first-order valence-corrected chi connectivity index (χ1v) is 5.00. The third-order valence-electron chi connectivity index (χ3n) is 2.27. The molecule has 0 saturated carbocycles. The maximum absolute atomic E-state index is 12.6. The molecule has 0 aliphatic heterocycles. The third-order valence-corrected chi connectivity index (χ3v) is 2.27. The molecule has 1 heterocycles. The molecule has 96 valence electrons. The second-order valence-electron chi connectivity index (χ2n) is 3.50. The van der Waals surface area contributed by atoms with Gasteiger partial charge in [-0.2, -0.15) is 22.8 Å². The Bertz CT molecular complexity index is 561. The molecule has 0 radical (unpaired) electrons. The van der Waals surface area contributed by atoms with Crippen LogP contribution >= 0.6 is 0 Å². The first kappa shape index (κ1) is 12.2.